The fourth-order valence-corrected chi connectivity index (χ4v) is 3.12. The van der Waals surface area contributed by atoms with Gasteiger partial charge in [0, 0.05) is 37.8 Å². The van der Waals surface area contributed by atoms with E-state index in [0.29, 0.717) is 18.1 Å². The molecule has 1 fully saturated rings. The van der Waals surface area contributed by atoms with E-state index in [2.05, 4.69) is 19.7 Å². The van der Waals surface area contributed by atoms with Crippen LogP contribution in [0.1, 0.15) is 69.0 Å². The number of hydrogen-bond donors (Lipinski definition) is 0. The molecule has 1 aliphatic rings. The van der Waals surface area contributed by atoms with Crippen LogP contribution in [0, 0.1) is 6.92 Å². The molecular formula is C17H25N5O2. The van der Waals surface area contributed by atoms with Crippen molar-refractivity contribution in [1.82, 2.24) is 24.6 Å². The summed E-state index contributed by atoms with van der Waals surface area (Å²) in [6, 6.07) is -0.0625. The van der Waals surface area contributed by atoms with Crippen molar-refractivity contribution in [2.75, 3.05) is 6.54 Å². The molecule has 0 N–H and O–H groups in total. The molecule has 0 unspecified atom stereocenters. The van der Waals surface area contributed by atoms with Gasteiger partial charge in [-0.05, 0) is 26.2 Å². The van der Waals surface area contributed by atoms with Crippen LogP contribution in [0.25, 0.3) is 0 Å². The van der Waals surface area contributed by atoms with Gasteiger partial charge in [-0.25, -0.2) is 4.98 Å². The number of rotatable bonds is 6. The summed E-state index contributed by atoms with van der Waals surface area (Å²) in [5, 5.41) is 4.03. The van der Waals surface area contributed by atoms with Crippen molar-refractivity contribution in [2.45, 2.75) is 65.0 Å². The number of likely N-dealkylation sites (tertiary alicyclic amines) is 1. The largest absolute Gasteiger partial charge is 0.337 e. The van der Waals surface area contributed by atoms with E-state index in [1.54, 1.807) is 6.20 Å². The molecule has 0 aliphatic carbocycles. The number of hydrogen-bond acceptors (Lipinski definition) is 5. The van der Waals surface area contributed by atoms with Gasteiger partial charge in [0.25, 0.3) is 0 Å². The Bertz CT molecular complexity index is 691. The molecule has 7 nitrogen and oxygen atoms in total. The lowest BCUT2D eigenvalue weighted by atomic mass is 10.2. The van der Waals surface area contributed by atoms with Gasteiger partial charge < -0.3 is 14.0 Å². The summed E-state index contributed by atoms with van der Waals surface area (Å²) in [5.74, 6) is 2.66. The highest BCUT2D eigenvalue weighted by atomic mass is 16.5. The topological polar surface area (TPSA) is 77.1 Å². The summed E-state index contributed by atoms with van der Waals surface area (Å²) in [6.45, 7) is 7.62. The molecule has 7 heteroatoms. The fraction of sp³-hybridized carbons (Fsp3) is 0.647. The first-order valence-corrected chi connectivity index (χ1v) is 8.67. The molecule has 0 aromatic carbocycles. The molecular weight excluding hydrogens is 306 g/mol. The predicted octanol–water partition coefficient (Wildman–Crippen LogP) is 2.84. The molecule has 1 aliphatic heterocycles. The highest BCUT2D eigenvalue weighted by Gasteiger charge is 2.33. The molecule has 1 amide bonds. The Labute approximate surface area is 142 Å². The average Bonchev–Trinajstić information content (AvgIpc) is 3.26. The minimum absolute atomic E-state index is 0.0625. The Morgan fingerprint density at radius 3 is 2.96 bits per heavy atom. The Kier molecular flexibility index (Phi) is 4.97. The van der Waals surface area contributed by atoms with Crippen LogP contribution in [0.15, 0.2) is 16.9 Å². The molecule has 0 saturated carbocycles. The lowest BCUT2D eigenvalue weighted by Crippen LogP contribution is -2.30. The van der Waals surface area contributed by atoms with Crippen molar-refractivity contribution in [1.29, 1.82) is 0 Å². The van der Waals surface area contributed by atoms with E-state index in [0.717, 1.165) is 38.2 Å². The zero-order valence-corrected chi connectivity index (χ0v) is 14.6. The molecule has 0 bridgehead atoms. The van der Waals surface area contributed by atoms with E-state index in [9.17, 15) is 4.79 Å². The Balaban J connectivity index is 1.58. The maximum atomic E-state index is 12.6. The lowest BCUT2D eigenvalue weighted by molar-refractivity contribution is -0.132. The normalized spacial score (nSPS) is 17.8. The second-order valence-corrected chi connectivity index (χ2v) is 6.66. The number of nitrogens with zero attached hydrogens (tertiary/aromatic N) is 5. The monoisotopic (exact) mass is 331 g/mol. The molecule has 0 spiro atoms. The van der Waals surface area contributed by atoms with Gasteiger partial charge in [-0.3, -0.25) is 4.79 Å². The van der Waals surface area contributed by atoms with E-state index in [1.807, 2.05) is 31.9 Å². The summed E-state index contributed by atoms with van der Waals surface area (Å²) >= 11 is 0. The first kappa shape index (κ1) is 16.7. The Morgan fingerprint density at radius 2 is 2.29 bits per heavy atom. The number of imidazole rings is 1. The molecule has 3 heterocycles. The quantitative estimate of drug-likeness (QED) is 0.813. The number of amides is 1. The van der Waals surface area contributed by atoms with Crippen LogP contribution < -0.4 is 0 Å². The minimum atomic E-state index is -0.0625. The van der Waals surface area contributed by atoms with Gasteiger partial charge in [0.1, 0.15) is 11.9 Å². The summed E-state index contributed by atoms with van der Waals surface area (Å²) in [4.78, 5) is 23.2. The fourth-order valence-electron chi connectivity index (χ4n) is 3.12. The summed E-state index contributed by atoms with van der Waals surface area (Å²) in [6.07, 6.45) is 6.95. The smallest absolute Gasteiger partial charge is 0.249 e. The molecule has 1 atom stereocenters. The van der Waals surface area contributed by atoms with E-state index in [4.69, 9.17) is 4.52 Å². The molecule has 3 rings (SSSR count). The second-order valence-electron chi connectivity index (χ2n) is 6.66. The van der Waals surface area contributed by atoms with Gasteiger partial charge in [0.15, 0.2) is 5.82 Å². The van der Waals surface area contributed by atoms with E-state index < -0.39 is 0 Å². The highest BCUT2D eigenvalue weighted by molar-refractivity contribution is 5.76. The molecule has 24 heavy (non-hydrogen) atoms. The van der Waals surface area contributed by atoms with Crippen LogP contribution in [0.5, 0.6) is 0 Å². The van der Waals surface area contributed by atoms with Crippen LogP contribution in [-0.4, -0.2) is 37.0 Å². The third kappa shape index (κ3) is 3.49. The summed E-state index contributed by atoms with van der Waals surface area (Å²) in [5.41, 5.74) is 0. The molecule has 2 aromatic heterocycles. The van der Waals surface area contributed by atoms with Crippen LogP contribution in [0.3, 0.4) is 0 Å². The Hall–Kier alpha value is -2.18. The SMILES string of the molecule is Cc1nccn1CCCC(=O)N1CCC[C@H]1c1nc(C(C)C)no1. The molecule has 1 saturated heterocycles. The summed E-state index contributed by atoms with van der Waals surface area (Å²) < 4.78 is 7.47. The van der Waals surface area contributed by atoms with Crippen molar-refractivity contribution < 1.29 is 9.32 Å². The van der Waals surface area contributed by atoms with Crippen LogP contribution >= 0.6 is 0 Å². The lowest BCUT2D eigenvalue weighted by Gasteiger charge is -2.22. The predicted molar refractivity (Wildman–Crippen MR) is 88.3 cm³/mol. The third-order valence-electron chi connectivity index (χ3n) is 4.55. The number of aryl methyl sites for hydroxylation is 2. The zero-order valence-electron chi connectivity index (χ0n) is 14.6. The molecule has 0 radical (unpaired) electrons. The second kappa shape index (κ2) is 7.15. The van der Waals surface area contributed by atoms with Crippen molar-refractivity contribution in [3.8, 4) is 0 Å². The minimum Gasteiger partial charge on any atom is -0.337 e. The highest BCUT2D eigenvalue weighted by Crippen LogP contribution is 2.32. The number of aromatic nitrogens is 4. The third-order valence-corrected chi connectivity index (χ3v) is 4.55. The standard InChI is InChI=1S/C17H25N5O2/c1-12(2)16-19-17(24-20-16)14-6-4-10-22(14)15(23)7-5-9-21-11-8-18-13(21)3/h8,11-12,14H,4-7,9-10H2,1-3H3/t14-/m0/s1. The Morgan fingerprint density at radius 1 is 1.46 bits per heavy atom. The van der Waals surface area contributed by atoms with Crippen molar-refractivity contribution >= 4 is 5.91 Å². The molecule has 130 valence electrons. The van der Waals surface area contributed by atoms with E-state index in [-0.39, 0.29) is 17.9 Å². The van der Waals surface area contributed by atoms with Crippen molar-refractivity contribution in [3.63, 3.8) is 0 Å². The van der Waals surface area contributed by atoms with Crippen LogP contribution in [-0.2, 0) is 11.3 Å². The molecule has 2 aromatic rings. The van der Waals surface area contributed by atoms with Crippen molar-refractivity contribution in [3.05, 3.63) is 29.9 Å². The van der Waals surface area contributed by atoms with Crippen molar-refractivity contribution in [2.24, 2.45) is 0 Å². The van der Waals surface area contributed by atoms with Gasteiger partial charge in [-0.2, -0.15) is 4.98 Å². The average molecular weight is 331 g/mol. The van der Waals surface area contributed by atoms with Gasteiger partial charge in [-0.15, -0.1) is 0 Å². The first-order valence-electron chi connectivity index (χ1n) is 8.67. The zero-order chi connectivity index (χ0) is 17.1. The van der Waals surface area contributed by atoms with E-state index >= 15 is 0 Å². The van der Waals surface area contributed by atoms with Gasteiger partial charge in [-0.1, -0.05) is 19.0 Å². The number of carbonyl (C=O) groups is 1. The number of carbonyl (C=O) groups excluding carboxylic acids is 1. The van der Waals surface area contributed by atoms with Gasteiger partial charge in [0.05, 0.1) is 0 Å². The summed E-state index contributed by atoms with van der Waals surface area (Å²) in [7, 11) is 0. The van der Waals surface area contributed by atoms with Gasteiger partial charge >= 0.3 is 0 Å². The van der Waals surface area contributed by atoms with E-state index in [1.165, 1.54) is 0 Å². The maximum Gasteiger partial charge on any atom is 0.249 e. The van der Waals surface area contributed by atoms with Crippen LogP contribution in [0.2, 0.25) is 0 Å². The van der Waals surface area contributed by atoms with Crippen LogP contribution in [0.4, 0.5) is 0 Å². The first-order chi connectivity index (χ1) is 11.6. The van der Waals surface area contributed by atoms with Gasteiger partial charge in [0.2, 0.25) is 11.8 Å². The maximum absolute atomic E-state index is 12.6.